The van der Waals surface area contributed by atoms with E-state index in [-0.39, 0.29) is 9.92 Å². The summed E-state index contributed by atoms with van der Waals surface area (Å²) in [5.74, 6) is 0. The van der Waals surface area contributed by atoms with Crippen molar-refractivity contribution >= 4 is 16.3 Å². The molecule has 16 heavy (non-hydrogen) atoms. The molecule has 0 radical (unpaired) electrons. The Morgan fingerprint density at radius 3 is 3.06 bits per heavy atom. The predicted octanol–water partition coefficient (Wildman–Crippen LogP) is 2.85. The van der Waals surface area contributed by atoms with Crippen LogP contribution in [-0.4, -0.2) is 11.0 Å². The van der Waals surface area contributed by atoms with E-state index in [2.05, 4.69) is 17.5 Å². The Kier molecular flexibility index (Phi) is 3.69. The van der Waals surface area contributed by atoms with Crippen LogP contribution in [0.5, 0.6) is 0 Å². The molecule has 5 heteroatoms. The van der Waals surface area contributed by atoms with Gasteiger partial charge in [-0.3, -0.25) is 10.1 Å². The fourth-order valence-electron chi connectivity index (χ4n) is 1.79. The van der Waals surface area contributed by atoms with Gasteiger partial charge in [0.25, 0.3) is 0 Å². The van der Waals surface area contributed by atoms with Gasteiger partial charge in [0.15, 0.2) is 0 Å². The molecular formula is C11H14N2O2S. The molecule has 2 rings (SSSR count). The zero-order valence-corrected chi connectivity index (χ0v) is 9.70. The van der Waals surface area contributed by atoms with E-state index in [4.69, 9.17) is 0 Å². The minimum absolute atomic E-state index is 0.223. The molecule has 0 saturated heterocycles. The monoisotopic (exact) mass is 238 g/mol. The molecule has 86 valence electrons. The summed E-state index contributed by atoms with van der Waals surface area (Å²) in [7, 11) is 0. The van der Waals surface area contributed by atoms with E-state index >= 15 is 0 Å². The highest BCUT2D eigenvalue weighted by Crippen LogP contribution is 2.22. The molecule has 4 nitrogen and oxygen atoms in total. The van der Waals surface area contributed by atoms with E-state index in [1.807, 2.05) is 5.38 Å². The van der Waals surface area contributed by atoms with Crippen LogP contribution in [0.1, 0.15) is 24.8 Å². The lowest BCUT2D eigenvalue weighted by Gasteiger charge is -2.18. The Morgan fingerprint density at radius 1 is 1.56 bits per heavy atom. The third-order valence-corrected chi connectivity index (χ3v) is 3.61. The van der Waals surface area contributed by atoms with Crippen molar-refractivity contribution in [1.82, 2.24) is 5.32 Å². The van der Waals surface area contributed by atoms with Gasteiger partial charge in [0.2, 0.25) is 0 Å². The molecule has 0 amide bonds. The van der Waals surface area contributed by atoms with Gasteiger partial charge in [-0.15, -0.1) is 0 Å². The highest BCUT2D eigenvalue weighted by atomic mass is 32.1. The van der Waals surface area contributed by atoms with Crippen molar-refractivity contribution in [3.05, 3.63) is 39.3 Å². The quantitative estimate of drug-likeness (QED) is 0.498. The number of rotatable bonds is 4. The molecule has 0 spiro atoms. The van der Waals surface area contributed by atoms with E-state index in [0.29, 0.717) is 6.04 Å². The van der Waals surface area contributed by atoms with Crippen molar-refractivity contribution < 1.29 is 4.92 Å². The molecule has 1 atom stereocenters. The van der Waals surface area contributed by atoms with Crippen LogP contribution in [0.4, 0.5) is 5.00 Å². The standard InChI is InChI=1S/C11H14N2O2S/c14-13(15)11-6-9(8-16-11)7-12-10-4-2-1-3-5-10/h1-2,6,8,10,12H,3-5,7H2. The van der Waals surface area contributed by atoms with E-state index in [1.54, 1.807) is 6.07 Å². The van der Waals surface area contributed by atoms with E-state index in [9.17, 15) is 10.1 Å². The van der Waals surface area contributed by atoms with Gasteiger partial charge in [-0.2, -0.15) is 0 Å². The molecule has 1 aromatic heterocycles. The Morgan fingerprint density at radius 2 is 2.44 bits per heavy atom. The third-order valence-electron chi connectivity index (χ3n) is 2.68. The lowest BCUT2D eigenvalue weighted by atomic mass is 10.0. The molecule has 1 aliphatic rings. The SMILES string of the molecule is O=[N+]([O-])c1cc(CNC2CC=CCC2)cs1. The minimum atomic E-state index is -0.336. The largest absolute Gasteiger partial charge is 0.324 e. The smallest absolute Gasteiger partial charge is 0.310 e. The molecule has 0 fully saturated rings. The first-order valence-electron chi connectivity index (χ1n) is 5.36. The van der Waals surface area contributed by atoms with Gasteiger partial charge in [-0.1, -0.05) is 23.5 Å². The molecule has 0 aliphatic heterocycles. The van der Waals surface area contributed by atoms with Gasteiger partial charge >= 0.3 is 5.00 Å². The second-order valence-electron chi connectivity index (χ2n) is 3.91. The van der Waals surface area contributed by atoms with Crippen molar-refractivity contribution in [3.8, 4) is 0 Å². The molecule has 1 unspecified atom stereocenters. The Balaban J connectivity index is 1.84. The zero-order chi connectivity index (χ0) is 11.4. The van der Waals surface area contributed by atoms with Crippen LogP contribution < -0.4 is 5.32 Å². The predicted molar refractivity (Wildman–Crippen MR) is 64.6 cm³/mol. The zero-order valence-electron chi connectivity index (χ0n) is 8.89. The van der Waals surface area contributed by atoms with Crippen molar-refractivity contribution in [2.45, 2.75) is 31.8 Å². The fourth-order valence-corrected chi connectivity index (χ4v) is 2.52. The van der Waals surface area contributed by atoms with Crippen molar-refractivity contribution in [2.24, 2.45) is 0 Å². The Hall–Kier alpha value is -1.20. The van der Waals surface area contributed by atoms with Gasteiger partial charge in [0, 0.05) is 24.0 Å². The van der Waals surface area contributed by atoms with E-state index < -0.39 is 0 Å². The second-order valence-corrected chi connectivity index (χ2v) is 4.80. The average Bonchev–Trinajstić information content (AvgIpc) is 2.76. The van der Waals surface area contributed by atoms with Crippen molar-refractivity contribution in [3.63, 3.8) is 0 Å². The lowest BCUT2D eigenvalue weighted by Crippen LogP contribution is -2.28. The van der Waals surface area contributed by atoms with Crippen LogP contribution in [-0.2, 0) is 6.54 Å². The van der Waals surface area contributed by atoms with Gasteiger partial charge < -0.3 is 5.32 Å². The van der Waals surface area contributed by atoms with Crippen LogP contribution in [0.3, 0.4) is 0 Å². The van der Waals surface area contributed by atoms with Crippen LogP contribution in [0.2, 0.25) is 0 Å². The summed E-state index contributed by atoms with van der Waals surface area (Å²) in [6, 6.07) is 2.17. The maximum Gasteiger partial charge on any atom is 0.324 e. The van der Waals surface area contributed by atoms with Crippen molar-refractivity contribution in [1.29, 1.82) is 0 Å². The second kappa shape index (κ2) is 5.23. The topological polar surface area (TPSA) is 55.2 Å². The number of nitrogens with zero attached hydrogens (tertiary/aromatic N) is 1. The summed E-state index contributed by atoms with van der Waals surface area (Å²) in [5, 5.41) is 16.0. The van der Waals surface area contributed by atoms with E-state index in [1.165, 1.54) is 11.3 Å². The summed E-state index contributed by atoms with van der Waals surface area (Å²) in [5.41, 5.74) is 1.01. The highest BCUT2D eigenvalue weighted by Gasteiger charge is 2.12. The molecule has 0 bridgehead atoms. The first-order valence-corrected chi connectivity index (χ1v) is 6.24. The Bertz CT molecular complexity index is 400. The highest BCUT2D eigenvalue weighted by molar-refractivity contribution is 7.13. The average molecular weight is 238 g/mol. The number of allylic oxidation sites excluding steroid dienone is 1. The van der Waals surface area contributed by atoms with Crippen LogP contribution >= 0.6 is 11.3 Å². The number of thiophene rings is 1. The number of nitrogens with one attached hydrogen (secondary N) is 1. The van der Waals surface area contributed by atoms with E-state index in [0.717, 1.165) is 31.4 Å². The lowest BCUT2D eigenvalue weighted by molar-refractivity contribution is -0.380. The molecule has 1 aromatic rings. The molecular weight excluding hydrogens is 224 g/mol. The minimum Gasteiger partial charge on any atom is -0.310 e. The van der Waals surface area contributed by atoms with Crippen LogP contribution in [0.15, 0.2) is 23.6 Å². The first kappa shape index (κ1) is 11.3. The van der Waals surface area contributed by atoms with Gasteiger partial charge in [-0.25, -0.2) is 0 Å². The Labute approximate surface area is 98.1 Å². The number of hydrogen-bond acceptors (Lipinski definition) is 4. The first-order chi connectivity index (χ1) is 7.75. The summed E-state index contributed by atoms with van der Waals surface area (Å²) in [6.07, 6.45) is 7.74. The molecule has 1 N–H and O–H groups in total. The maximum absolute atomic E-state index is 10.5. The molecule has 0 saturated carbocycles. The molecule has 1 heterocycles. The third kappa shape index (κ3) is 2.90. The maximum atomic E-state index is 10.5. The normalized spacial score (nSPS) is 19.9. The van der Waals surface area contributed by atoms with Crippen molar-refractivity contribution in [2.75, 3.05) is 0 Å². The van der Waals surface area contributed by atoms with Gasteiger partial charge in [0.05, 0.1) is 4.92 Å². The summed E-state index contributed by atoms with van der Waals surface area (Å²) in [4.78, 5) is 10.2. The summed E-state index contributed by atoms with van der Waals surface area (Å²) >= 11 is 1.19. The summed E-state index contributed by atoms with van der Waals surface area (Å²) in [6.45, 7) is 0.725. The van der Waals surface area contributed by atoms with Gasteiger partial charge in [-0.05, 0) is 24.8 Å². The van der Waals surface area contributed by atoms with Crippen LogP contribution in [0, 0.1) is 10.1 Å². The number of nitro groups is 1. The molecule has 0 aromatic carbocycles. The van der Waals surface area contributed by atoms with Gasteiger partial charge in [0.1, 0.15) is 0 Å². The number of hydrogen-bond donors (Lipinski definition) is 1. The van der Waals surface area contributed by atoms with Crippen LogP contribution in [0.25, 0.3) is 0 Å². The fraction of sp³-hybridized carbons (Fsp3) is 0.455. The summed E-state index contributed by atoms with van der Waals surface area (Å²) < 4.78 is 0. The molecule has 1 aliphatic carbocycles.